The van der Waals surface area contributed by atoms with Gasteiger partial charge in [-0.1, -0.05) is 71.7 Å². The summed E-state index contributed by atoms with van der Waals surface area (Å²) in [6, 6.07) is 17.2. The highest BCUT2D eigenvalue weighted by Gasteiger charge is 2.29. The topological polar surface area (TPSA) is 88.5 Å². The number of aromatic carboxylic acids is 1. The van der Waals surface area contributed by atoms with E-state index in [0.717, 1.165) is 22.3 Å². The molecule has 6 nitrogen and oxygen atoms in total. The number of nitrogens with zero attached hydrogens (tertiary/aromatic N) is 1. The summed E-state index contributed by atoms with van der Waals surface area (Å²) >= 11 is 11.8. The van der Waals surface area contributed by atoms with Crippen LogP contribution in [-0.4, -0.2) is 28.8 Å². The smallest absolute Gasteiger partial charge is 0.411 e. The van der Waals surface area contributed by atoms with Gasteiger partial charge in [0.05, 0.1) is 10.7 Å². The fourth-order valence-electron chi connectivity index (χ4n) is 3.48. The van der Waals surface area contributed by atoms with Crippen molar-refractivity contribution in [1.29, 1.82) is 0 Å². The Bertz CT molecular complexity index is 1090. The van der Waals surface area contributed by atoms with Gasteiger partial charge in [-0.3, -0.25) is 5.32 Å². The van der Waals surface area contributed by atoms with E-state index in [1.807, 2.05) is 48.5 Å². The molecule has 0 saturated carbocycles. The number of benzene rings is 2. The highest BCUT2D eigenvalue weighted by Crippen LogP contribution is 2.44. The van der Waals surface area contributed by atoms with Crippen LogP contribution in [0.4, 0.5) is 10.5 Å². The normalized spacial score (nSPS) is 12.2. The number of anilines is 1. The SMILES string of the molecule is O=C(Nc1cc(Cl)nc(C(=O)O)c1Cl)OCC1c2ccccc2-c2ccccc21. The number of nitrogens with one attached hydrogen (secondary N) is 1. The number of carboxylic acid groups (broad SMARTS) is 1. The summed E-state index contributed by atoms with van der Waals surface area (Å²) in [5.74, 6) is -1.45. The Morgan fingerprint density at radius 3 is 2.21 bits per heavy atom. The molecule has 0 saturated heterocycles. The van der Waals surface area contributed by atoms with E-state index in [0.29, 0.717) is 0 Å². The molecule has 0 atom stereocenters. The summed E-state index contributed by atoms with van der Waals surface area (Å²) in [5.41, 5.74) is 3.97. The van der Waals surface area contributed by atoms with Gasteiger partial charge in [-0.25, -0.2) is 14.6 Å². The molecule has 146 valence electrons. The van der Waals surface area contributed by atoms with E-state index in [1.165, 1.54) is 6.07 Å². The number of amides is 1. The predicted octanol–water partition coefficient (Wildman–Crippen LogP) is 5.45. The molecule has 0 spiro atoms. The lowest BCUT2D eigenvalue weighted by Crippen LogP contribution is -2.18. The van der Waals surface area contributed by atoms with E-state index < -0.39 is 17.8 Å². The lowest BCUT2D eigenvalue weighted by Gasteiger charge is -2.15. The minimum atomic E-state index is -1.35. The van der Waals surface area contributed by atoms with Crippen LogP contribution in [0.3, 0.4) is 0 Å². The molecule has 2 aromatic carbocycles. The Balaban J connectivity index is 1.52. The van der Waals surface area contributed by atoms with E-state index in [9.17, 15) is 9.59 Å². The molecule has 0 aliphatic heterocycles. The summed E-state index contributed by atoms with van der Waals surface area (Å²) in [6.45, 7) is 0.113. The van der Waals surface area contributed by atoms with Gasteiger partial charge in [-0.15, -0.1) is 0 Å². The second kappa shape index (κ2) is 7.73. The number of hydrogen-bond acceptors (Lipinski definition) is 4. The largest absolute Gasteiger partial charge is 0.476 e. The van der Waals surface area contributed by atoms with Gasteiger partial charge in [-0.05, 0) is 22.3 Å². The number of hydrogen-bond donors (Lipinski definition) is 2. The van der Waals surface area contributed by atoms with Gasteiger partial charge < -0.3 is 9.84 Å². The average Bonchev–Trinajstić information content (AvgIpc) is 3.02. The first-order valence-corrected chi connectivity index (χ1v) is 9.42. The van der Waals surface area contributed by atoms with Crippen LogP contribution in [0.25, 0.3) is 11.1 Å². The molecule has 1 aromatic heterocycles. The van der Waals surface area contributed by atoms with E-state index >= 15 is 0 Å². The standard InChI is InChI=1S/C21H14Cl2N2O4/c22-17-9-16(18(23)19(25-17)20(26)27)24-21(28)29-10-15-13-7-3-1-5-11(13)12-6-2-4-8-14(12)15/h1-9,15H,10H2,(H,26,27)(H,24,25,28). The van der Waals surface area contributed by atoms with Crippen LogP contribution in [0, 0.1) is 0 Å². The zero-order valence-electron chi connectivity index (χ0n) is 14.9. The maximum atomic E-state index is 12.3. The number of pyridine rings is 1. The van der Waals surface area contributed by atoms with Crippen LogP contribution in [-0.2, 0) is 4.74 Å². The van der Waals surface area contributed by atoms with E-state index in [4.69, 9.17) is 33.0 Å². The van der Waals surface area contributed by atoms with Crippen LogP contribution in [0.2, 0.25) is 10.2 Å². The number of carbonyl (C=O) groups is 2. The average molecular weight is 429 g/mol. The Hall–Kier alpha value is -3.09. The molecule has 0 radical (unpaired) electrons. The molecule has 0 unspecified atom stereocenters. The van der Waals surface area contributed by atoms with Gasteiger partial charge in [0.15, 0.2) is 5.69 Å². The quantitative estimate of drug-likeness (QED) is 0.539. The first-order chi connectivity index (χ1) is 14.0. The maximum absolute atomic E-state index is 12.3. The van der Waals surface area contributed by atoms with Crippen molar-refractivity contribution in [2.24, 2.45) is 0 Å². The van der Waals surface area contributed by atoms with Crippen molar-refractivity contribution in [2.75, 3.05) is 11.9 Å². The molecule has 1 heterocycles. The second-order valence-electron chi connectivity index (χ2n) is 6.41. The number of carbonyl (C=O) groups excluding carboxylic acids is 1. The molecule has 1 aliphatic carbocycles. The Morgan fingerprint density at radius 2 is 1.62 bits per heavy atom. The molecule has 1 amide bonds. The van der Waals surface area contributed by atoms with Gasteiger partial charge >= 0.3 is 12.1 Å². The summed E-state index contributed by atoms with van der Waals surface area (Å²) in [6.07, 6.45) is -0.771. The van der Waals surface area contributed by atoms with Crippen LogP contribution >= 0.6 is 23.2 Å². The van der Waals surface area contributed by atoms with Crippen molar-refractivity contribution in [3.8, 4) is 11.1 Å². The minimum absolute atomic E-state index is 0.0151. The molecule has 8 heteroatoms. The zero-order valence-corrected chi connectivity index (χ0v) is 16.4. The molecule has 3 aromatic rings. The highest BCUT2D eigenvalue weighted by molar-refractivity contribution is 6.37. The molecule has 4 rings (SSSR count). The molecule has 29 heavy (non-hydrogen) atoms. The van der Waals surface area contributed by atoms with Crippen LogP contribution < -0.4 is 5.32 Å². The van der Waals surface area contributed by atoms with Gasteiger partial charge in [-0.2, -0.15) is 0 Å². The first kappa shape index (κ1) is 19.2. The van der Waals surface area contributed by atoms with Crippen molar-refractivity contribution < 1.29 is 19.4 Å². The third-order valence-electron chi connectivity index (χ3n) is 4.71. The summed E-state index contributed by atoms with van der Waals surface area (Å²) in [4.78, 5) is 27.2. The summed E-state index contributed by atoms with van der Waals surface area (Å²) < 4.78 is 5.42. The molecule has 0 bridgehead atoms. The number of rotatable bonds is 4. The van der Waals surface area contributed by atoms with Crippen molar-refractivity contribution in [3.63, 3.8) is 0 Å². The number of fused-ring (bicyclic) bond motifs is 3. The molecule has 1 aliphatic rings. The summed E-state index contributed by atoms with van der Waals surface area (Å²) in [5, 5.41) is 11.2. The zero-order chi connectivity index (χ0) is 20.5. The molecule has 2 N–H and O–H groups in total. The fraction of sp³-hybridized carbons (Fsp3) is 0.0952. The highest BCUT2D eigenvalue weighted by atomic mass is 35.5. The number of aromatic nitrogens is 1. The van der Waals surface area contributed by atoms with Gasteiger partial charge in [0.25, 0.3) is 0 Å². The Labute approximate surface area is 176 Å². The van der Waals surface area contributed by atoms with Crippen molar-refractivity contribution in [3.05, 3.63) is 81.6 Å². The first-order valence-electron chi connectivity index (χ1n) is 8.67. The van der Waals surface area contributed by atoms with Crippen LogP contribution in [0.5, 0.6) is 0 Å². The van der Waals surface area contributed by atoms with Crippen molar-refractivity contribution in [2.45, 2.75) is 5.92 Å². The van der Waals surface area contributed by atoms with Crippen LogP contribution in [0.1, 0.15) is 27.5 Å². The lowest BCUT2D eigenvalue weighted by molar-refractivity contribution is 0.0690. The maximum Gasteiger partial charge on any atom is 0.411 e. The van der Waals surface area contributed by atoms with Gasteiger partial charge in [0, 0.05) is 12.0 Å². The van der Waals surface area contributed by atoms with Gasteiger partial charge in [0.1, 0.15) is 11.8 Å². The number of ether oxygens (including phenoxy) is 1. The summed E-state index contributed by atoms with van der Waals surface area (Å²) in [7, 11) is 0. The van der Waals surface area contributed by atoms with Crippen LogP contribution in [0.15, 0.2) is 54.6 Å². The Morgan fingerprint density at radius 1 is 1.03 bits per heavy atom. The third-order valence-corrected chi connectivity index (χ3v) is 5.29. The monoisotopic (exact) mass is 428 g/mol. The second-order valence-corrected chi connectivity index (χ2v) is 7.18. The van der Waals surface area contributed by atoms with Gasteiger partial charge in [0.2, 0.25) is 0 Å². The number of carboxylic acids is 1. The number of halogens is 2. The van der Waals surface area contributed by atoms with E-state index in [1.54, 1.807) is 0 Å². The molecule has 0 fully saturated rings. The fourth-order valence-corrected chi connectivity index (χ4v) is 3.89. The molecular weight excluding hydrogens is 415 g/mol. The van der Waals surface area contributed by atoms with E-state index in [2.05, 4.69) is 10.3 Å². The minimum Gasteiger partial charge on any atom is -0.476 e. The van der Waals surface area contributed by atoms with E-state index in [-0.39, 0.29) is 28.4 Å². The Kier molecular flexibility index (Phi) is 5.13. The predicted molar refractivity (Wildman–Crippen MR) is 110 cm³/mol. The third kappa shape index (κ3) is 3.64. The lowest BCUT2D eigenvalue weighted by atomic mass is 9.98. The molecular formula is C21H14Cl2N2O4. The van der Waals surface area contributed by atoms with Crippen molar-refractivity contribution >= 4 is 41.0 Å². The van der Waals surface area contributed by atoms with Crippen molar-refractivity contribution in [1.82, 2.24) is 4.98 Å².